The molecule has 3 aliphatic rings. The van der Waals surface area contributed by atoms with Gasteiger partial charge >= 0.3 is 0 Å². The van der Waals surface area contributed by atoms with E-state index in [1.54, 1.807) is 12.1 Å². The first-order valence-electron chi connectivity index (χ1n) is 11.4. The van der Waals surface area contributed by atoms with Crippen LogP contribution in [-0.4, -0.2) is 56.0 Å². The molecule has 2 amide bonds. The number of nitrogens with zero attached hydrogens (tertiary/aromatic N) is 1. The summed E-state index contributed by atoms with van der Waals surface area (Å²) in [6.07, 6.45) is 1.96. The Morgan fingerprint density at radius 3 is 2.41 bits per heavy atom. The van der Waals surface area contributed by atoms with Crippen molar-refractivity contribution in [2.24, 2.45) is 5.92 Å². The number of carbonyl (C=O) groups is 2. The molecule has 0 radical (unpaired) electrons. The molecule has 2 aromatic rings. The summed E-state index contributed by atoms with van der Waals surface area (Å²) in [6.45, 7) is 3.99. The molecule has 2 heterocycles. The van der Waals surface area contributed by atoms with Crippen LogP contribution >= 0.6 is 0 Å². The number of carbonyl (C=O) groups excluding carboxylic acids is 2. The van der Waals surface area contributed by atoms with E-state index in [1.807, 2.05) is 18.2 Å². The van der Waals surface area contributed by atoms with Gasteiger partial charge in [-0.05, 0) is 48.7 Å². The first kappa shape index (κ1) is 22.8. The van der Waals surface area contributed by atoms with Crippen molar-refractivity contribution >= 4 is 21.8 Å². The molecule has 0 bridgehead atoms. The number of amides is 2. The van der Waals surface area contributed by atoms with E-state index in [0.29, 0.717) is 24.4 Å². The Balaban J connectivity index is 1.17. The summed E-state index contributed by atoms with van der Waals surface area (Å²) in [7, 11) is -3.71. The van der Waals surface area contributed by atoms with Crippen molar-refractivity contribution in [3.05, 3.63) is 78.4 Å². The summed E-state index contributed by atoms with van der Waals surface area (Å²) in [6, 6.07) is 16.2. The van der Waals surface area contributed by atoms with Crippen LogP contribution in [0.15, 0.2) is 72.1 Å². The summed E-state index contributed by atoms with van der Waals surface area (Å²) < 4.78 is 33.5. The van der Waals surface area contributed by atoms with Crippen LogP contribution in [0.4, 0.5) is 0 Å². The molecule has 3 fully saturated rings. The van der Waals surface area contributed by atoms with E-state index in [4.69, 9.17) is 4.74 Å². The molecule has 9 heteroatoms. The topological polar surface area (TPSA) is 105 Å². The molecule has 2 saturated heterocycles. The zero-order valence-corrected chi connectivity index (χ0v) is 19.4. The third-order valence-corrected chi connectivity index (χ3v) is 8.63. The number of benzene rings is 2. The Labute approximate surface area is 199 Å². The van der Waals surface area contributed by atoms with Crippen LogP contribution in [-0.2, 0) is 19.6 Å². The van der Waals surface area contributed by atoms with Gasteiger partial charge in [-0.1, -0.05) is 36.9 Å². The molecule has 0 spiro atoms. The highest BCUT2D eigenvalue weighted by Gasteiger charge is 2.46. The van der Waals surface area contributed by atoms with Crippen molar-refractivity contribution in [2.75, 3.05) is 13.1 Å². The largest absolute Gasteiger partial charge is 0.354 e. The first-order chi connectivity index (χ1) is 16.3. The molecule has 34 heavy (non-hydrogen) atoms. The Kier molecular flexibility index (Phi) is 6.01. The highest BCUT2D eigenvalue weighted by Crippen LogP contribution is 2.40. The Morgan fingerprint density at radius 1 is 1.00 bits per heavy atom. The average Bonchev–Trinajstić information content (AvgIpc) is 3.33. The summed E-state index contributed by atoms with van der Waals surface area (Å²) >= 11 is 0. The Bertz CT molecular complexity index is 1180. The van der Waals surface area contributed by atoms with Crippen LogP contribution in [0.1, 0.15) is 34.7 Å². The van der Waals surface area contributed by atoms with Gasteiger partial charge in [0.1, 0.15) is 6.23 Å². The maximum atomic E-state index is 13.1. The minimum atomic E-state index is -3.71. The lowest BCUT2D eigenvalue weighted by Gasteiger charge is -2.19. The van der Waals surface area contributed by atoms with Crippen molar-refractivity contribution in [1.29, 1.82) is 0 Å². The molecule has 0 aromatic heterocycles. The number of hydrogen-bond acceptors (Lipinski definition) is 5. The highest BCUT2D eigenvalue weighted by atomic mass is 32.2. The zero-order valence-electron chi connectivity index (χ0n) is 18.6. The maximum absolute atomic E-state index is 13.1. The molecule has 1 saturated carbocycles. The van der Waals surface area contributed by atoms with Crippen LogP contribution in [0, 0.1) is 5.92 Å². The number of ether oxygens (including phenoxy) is 1. The first-order valence-corrected chi connectivity index (χ1v) is 12.8. The van der Waals surface area contributed by atoms with Crippen molar-refractivity contribution in [3.8, 4) is 0 Å². The summed E-state index contributed by atoms with van der Waals surface area (Å²) in [5, 5.41) is 5.73. The van der Waals surface area contributed by atoms with Gasteiger partial charge in [-0.2, -0.15) is 4.31 Å². The fraction of sp³-hybridized carbons (Fsp3) is 0.360. The van der Waals surface area contributed by atoms with E-state index >= 15 is 0 Å². The van der Waals surface area contributed by atoms with Crippen molar-refractivity contribution in [3.63, 3.8) is 0 Å². The van der Waals surface area contributed by atoms with Gasteiger partial charge in [0.2, 0.25) is 15.9 Å². The molecule has 5 rings (SSSR count). The van der Waals surface area contributed by atoms with E-state index in [0.717, 1.165) is 6.42 Å². The molecule has 2 aliphatic heterocycles. The smallest absolute Gasteiger partial charge is 0.251 e. The predicted octanol–water partition coefficient (Wildman–Crippen LogP) is 2.01. The van der Waals surface area contributed by atoms with Gasteiger partial charge in [0, 0.05) is 36.5 Å². The molecule has 2 aromatic carbocycles. The fourth-order valence-electron chi connectivity index (χ4n) is 4.83. The third-order valence-electron chi connectivity index (χ3n) is 6.78. The zero-order chi connectivity index (χ0) is 23.9. The third kappa shape index (κ3) is 4.51. The van der Waals surface area contributed by atoms with E-state index in [1.165, 1.54) is 28.1 Å². The standard InChI is InChI=1S/C25H27N3O5S/c1-2-23(29)27-24-12-18-14-28(15-22(18)33-24)34(31,32)19-10-8-17(9-11-19)25(30)26-21-13-20(21)16-6-4-3-5-7-16/h2-11,18,20-22,24H,1,12-15H2,(H,26,30)(H,27,29)/t18?,20?,21-,22?,24?/m1/s1. The van der Waals surface area contributed by atoms with Crippen molar-refractivity contribution < 1.29 is 22.7 Å². The van der Waals surface area contributed by atoms with E-state index in [2.05, 4.69) is 29.3 Å². The monoisotopic (exact) mass is 481 g/mol. The lowest BCUT2D eigenvalue weighted by molar-refractivity contribution is -0.120. The number of nitrogens with one attached hydrogen (secondary N) is 2. The Morgan fingerprint density at radius 2 is 1.74 bits per heavy atom. The summed E-state index contributed by atoms with van der Waals surface area (Å²) in [5.41, 5.74) is 1.64. The van der Waals surface area contributed by atoms with Crippen LogP contribution < -0.4 is 10.6 Å². The molecule has 8 nitrogen and oxygen atoms in total. The molecule has 2 N–H and O–H groups in total. The SMILES string of the molecule is C=CC(=O)NC1CC2CN(S(=O)(=O)c3ccc(C(=O)N[C@@H]4CC4c4ccccc4)cc3)CC2O1. The van der Waals surface area contributed by atoms with Gasteiger partial charge in [0.05, 0.1) is 11.0 Å². The summed E-state index contributed by atoms with van der Waals surface area (Å²) in [5.74, 6) is -0.169. The molecular formula is C25H27N3O5S. The van der Waals surface area contributed by atoms with Gasteiger partial charge in [0.15, 0.2) is 0 Å². The maximum Gasteiger partial charge on any atom is 0.251 e. The number of sulfonamides is 1. The Hall–Kier alpha value is -3.01. The molecule has 178 valence electrons. The van der Waals surface area contributed by atoms with Gasteiger partial charge < -0.3 is 15.4 Å². The second-order valence-corrected chi connectivity index (χ2v) is 11.0. The highest BCUT2D eigenvalue weighted by molar-refractivity contribution is 7.89. The normalized spacial score (nSPS) is 28.2. The van der Waals surface area contributed by atoms with E-state index in [-0.39, 0.29) is 41.3 Å². The second kappa shape index (κ2) is 8.98. The second-order valence-electron chi connectivity index (χ2n) is 9.05. The fourth-order valence-corrected chi connectivity index (χ4v) is 6.34. The van der Waals surface area contributed by atoms with Crippen LogP contribution in [0.25, 0.3) is 0 Å². The van der Waals surface area contributed by atoms with Gasteiger partial charge in [-0.3, -0.25) is 9.59 Å². The molecular weight excluding hydrogens is 454 g/mol. The van der Waals surface area contributed by atoms with Crippen LogP contribution in [0.5, 0.6) is 0 Å². The number of hydrogen-bond donors (Lipinski definition) is 2. The molecule has 4 unspecified atom stereocenters. The predicted molar refractivity (Wildman–Crippen MR) is 125 cm³/mol. The quantitative estimate of drug-likeness (QED) is 0.589. The molecule has 1 aliphatic carbocycles. The lowest BCUT2D eigenvalue weighted by atomic mass is 10.1. The van der Waals surface area contributed by atoms with Crippen molar-refractivity contribution in [2.45, 2.75) is 42.0 Å². The van der Waals surface area contributed by atoms with Crippen LogP contribution in [0.3, 0.4) is 0 Å². The van der Waals surface area contributed by atoms with Crippen molar-refractivity contribution in [1.82, 2.24) is 14.9 Å². The number of fused-ring (bicyclic) bond motifs is 1. The van der Waals surface area contributed by atoms with Crippen LogP contribution in [0.2, 0.25) is 0 Å². The van der Waals surface area contributed by atoms with Gasteiger partial charge in [-0.15, -0.1) is 0 Å². The lowest BCUT2D eigenvalue weighted by Crippen LogP contribution is -2.37. The minimum absolute atomic E-state index is 0.0195. The van der Waals surface area contributed by atoms with E-state index in [9.17, 15) is 18.0 Å². The summed E-state index contributed by atoms with van der Waals surface area (Å²) in [4.78, 5) is 24.2. The van der Waals surface area contributed by atoms with Gasteiger partial charge in [-0.25, -0.2) is 8.42 Å². The molecule has 5 atom stereocenters. The van der Waals surface area contributed by atoms with E-state index < -0.39 is 16.3 Å². The van der Waals surface area contributed by atoms with Gasteiger partial charge in [0.25, 0.3) is 5.91 Å². The minimum Gasteiger partial charge on any atom is -0.354 e. The number of rotatable bonds is 7. The average molecular weight is 482 g/mol.